The molecule has 0 radical (unpaired) electrons. The van der Waals surface area contributed by atoms with Crippen LogP contribution in [0.4, 0.5) is 0 Å². The quantitative estimate of drug-likeness (QED) is 0.424. The minimum atomic E-state index is -1.37. The molecule has 4 heteroatoms. The number of thiol groups is 1. The SMILES string of the molecule is CC(C)CC(N)(S)C(=O)O. The molecule has 0 amide bonds. The molecule has 0 aromatic rings. The summed E-state index contributed by atoms with van der Waals surface area (Å²) in [7, 11) is 0. The molecule has 1 atom stereocenters. The maximum absolute atomic E-state index is 10.4. The van der Waals surface area contributed by atoms with E-state index >= 15 is 0 Å². The molecule has 3 nitrogen and oxygen atoms in total. The fourth-order valence-electron chi connectivity index (χ4n) is 0.710. The van der Waals surface area contributed by atoms with Gasteiger partial charge in [0.2, 0.25) is 0 Å². The third kappa shape index (κ3) is 3.08. The number of rotatable bonds is 3. The summed E-state index contributed by atoms with van der Waals surface area (Å²) in [5, 5.41) is 8.49. The second-order valence-electron chi connectivity index (χ2n) is 2.83. The summed E-state index contributed by atoms with van der Waals surface area (Å²) < 4.78 is 0. The van der Waals surface area contributed by atoms with Crippen molar-refractivity contribution in [2.45, 2.75) is 25.1 Å². The molecule has 0 fully saturated rings. The maximum atomic E-state index is 10.4. The van der Waals surface area contributed by atoms with E-state index in [9.17, 15) is 4.79 Å². The van der Waals surface area contributed by atoms with Crippen molar-refractivity contribution in [3.8, 4) is 0 Å². The van der Waals surface area contributed by atoms with Crippen LogP contribution in [0.2, 0.25) is 0 Å². The number of aliphatic carboxylic acids is 1. The third-order valence-corrected chi connectivity index (χ3v) is 1.46. The molecule has 0 rings (SSSR count). The zero-order valence-electron chi connectivity index (χ0n) is 6.16. The highest BCUT2D eigenvalue weighted by atomic mass is 32.1. The smallest absolute Gasteiger partial charge is 0.333 e. The summed E-state index contributed by atoms with van der Waals surface area (Å²) in [6.45, 7) is 3.81. The van der Waals surface area contributed by atoms with E-state index in [4.69, 9.17) is 10.8 Å². The van der Waals surface area contributed by atoms with Crippen molar-refractivity contribution in [1.29, 1.82) is 0 Å². The Morgan fingerprint density at radius 2 is 2.20 bits per heavy atom. The van der Waals surface area contributed by atoms with Crippen LogP contribution < -0.4 is 5.73 Å². The first kappa shape index (κ1) is 9.78. The Hall–Kier alpha value is -0.220. The van der Waals surface area contributed by atoms with Crippen molar-refractivity contribution in [3.63, 3.8) is 0 Å². The van der Waals surface area contributed by atoms with Crippen LogP contribution in [0.3, 0.4) is 0 Å². The van der Waals surface area contributed by atoms with Gasteiger partial charge in [-0.1, -0.05) is 13.8 Å². The lowest BCUT2D eigenvalue weighted by molar-refractivity contribution is -0.140. The number of carboxylic acid groups (broad SMARTS) is 1. The van der Waals surface area contributed by atoms with E-state index in [1.165, 1.54) is 0 Å². The van der Waals surface area contributed by atoms with Crippen LogP contribution in [0.25, 0.3) is 0 Å². The molecule has 1 unspecified atom stereocenters. The molecule has 0 aliphatic heterocycles. The van der Waals surface area contributed by atoms with Gasteiger partial charge in [-0.2, -0.15) is 0 Å². The summed E-state index contributed by atoms with van der Waals surface area (Å²) in [6, 6.07) is 0. The van der Waals surface area contributed by atoms with Gasteiger partial charge in [-0.05, 0) is 12.3 Å². The van der Waals surface area contributed by atoms with Gasteiger partial charge in [-0.15, -0.1) is 12.6 Å². The largest absolute Gasteiger partial charge is 0.479 e. The molecule has 0 bridgehead atoms. The molecule has 0 heterocycles. The molecule has 3 N–H and O–H groups in total. The average Bonchev–Trinajstić information content (AvgIpc) is 1.60. The molecule has 0 saturated heterocycles. The summed E-state index contributed by atoms with van der Waals surface area (Å²) in [6.07, 6.45) is 0.380. The highest BCUT2D eigenvalue weighted by molar-refractivity contribution is 7.82. The van der Waals surface area contributed by atoms with E-state index in [1.807, 2.05) is 13.8 Å². The Bertz CT molecular complexity index is 134. The summed E-state index contributed by atoms with van der Waals surface area (Å²) in [5.41, 5.74) is 5.33. The fourth-order valence-corrected chi connectivity index (χ4v) is 1.07. The number of carboxylic acids is 1. The maximum Gasteiger partial charge on any atom is 0.333 e. The van der Waals surface area contributed by atoms with Crippen molar-refractivity contribution in [2.75, 3.05) is 0 Å². The number of hydrogen-bond acceptors (Lipinski definition) is 3. The summed E-state index contributed by atoms with van der Waals surface area (Å²) >= 11 is 3.80. The summed E-state index contributed by atoms with van der Waals surface area (Å²) in [5.74, 6) is -0.817. The van der Waals surface area contributed by atoms with Crippen molar-refractivity contribution in [2.24, 2.45) is 11.7 Å². The van der Waals surface area contributed by atoms with Crippen molar-refractivity contribution < 1.29 is 9.90 Å². The van der Waals surface area contributed by atoms with Gasteiger partial charge in [0.05, 0.1) is 0 Å². The third-order valence-electron chi connectivity index (χ3n) is 1.09. The van der Waals surface area contributed by atoms with Gasteiger partial charge in [0.25, 0.3) is 0 Å². The molecular weight excluding hydrogens is 150 g/mol. The molecule has 10 heavy (non-hydrogen) atoms. The Kier molecular flexibility index (Phi) is 3.18. The predicted octanol–water partition coefficient (Wildman–Crippen LogP) is 0.702. The number of carbonyl (C=O) groups is 1. The van der Waals surface area contributed by atoms with E-state index in [-0.39, 0.29) is 5.92 Å². The van der Waals surface area contributed by atoms with E-state index in [0.29, 0.717) is 6.42 Å². The lowest BCUT2D eigenvalue weighted by Crippen LogP contribution is -2.43. The first-order chi connectivity index (χ1) is 4.36. The van der Waals surface area contributed by atoms with E-state index in [0.717, 1.165) is 0 Å². The zero-order valence-corrected chi connectivity index (χ0v) is 7.06. The van der Waals surface area contributed by atoms with E-state index in [2.05, 4.69) is 12.6 Å². The number of hydrogen-bond donors (Lipinski definition) is 3. The predicted molar refractivity (Wildman–Crippen MR) is 43.0 cm³/mol. The molecule has 0 saturated carbocycles. The van der Waals surface area contributed by atoms with Gasteiger partial charge >= 0.3 is 5.97 Å². The lowest BCUT2D eigenvalue weighted by atomic mass is 10.0. The Morgan fingerprint density at radius 3 is 2.30 bits per heavy atom. The Balaban J connectivity index is 4.00. The van der Waals surface area contributed by atoms with Gasteiger partial charge in [0.1, 0.15) is 0 Å². The van der Waals surface area contributed by atoms with Crippen LogP contribution in [0.5, 0.6) is 0 Å². The van der Waals surface area contributed by atoms with Crippen LogP contribution in [-0.2, 0) is 4.79 Å². The van der Waals surface area contributed by atoms with Crippen LogP contribution in [0.15, 0.2) is 0 Å². The minimum absolute atomic E-state index is 0.249. The molecule has 0 aliphatic carbocycles. The molecular formula is C6H13NO2S. The standard InChI is InChI=1S/C6H13NO2S/c1-4(2)3-6(7,10)5(8)9/h4,10H,3,7H2,1-2H3,(H,8,9). The minimum Gasteiger partial charge on any atom is -0.479 e. The second-order valence-corrected chi connectivity index (χ2v) is 3.63. The van der Waals surface area contributed by atoms with Crippen molar-refractivity contribution in [1.82, 2.24) is 0 Å². The van der Waals surface area contributed by atoms with Crippen LogP contribution in [0, 0.1) is 5.92 Å². The van der Waals surface area contributed by atoms with Crippen LogP contribution in [0.1, 0.15) is 20.3 Å². The van der Waals surface area contributed by atoms with E-state index in [1.54, 1.807) is 0 Å². The van der Waals surface area contributed by atoms with Gasteiger partial charge < -0.3 is 10.8 Å². The molecule has 0 spiro atoms. The lowest BCUT2D eigenvalue weighted by Gasteiger charge is -2.19. The fraction of sp³-hybridized carbons (Fsp3) is 0.833. The zero-order chi connectivity index (χ0) is 8.36. The topological polar surface area (TPSA) is 63.3 Å². The Morgan fingerprint density at radius 1 is 1.80 bits per heavy atom. The Labute approximate surface area is 66.0 Å². The van der Waals surface area contributed by atoms with Crippen molar-refractivity contribution >= 4 is 18.6 Å². The summed E-state index contributed by atoms with van der Waals surface area (Å²) in [4.78, 5) is 8.99. The second kappa shape index (κ2) is 3.25. The van der Waals surface area contributed by atoms with Crippen LogP contribution >= 0.6 is 12.6 Å². The highest BCUT2D eigenvalue weighted by Crippen LogP contribution is 2.17. The normalized spacial score (nSPS) is 16.9. The van der Waals surface area contributed by atoms with Crippen molar-refractivity contribution in [3.05, 3.63) is 0 Å². The monoisotopic (exact) mass is 163 g/mol. The molecule has 60 valence electrons. The van der Waals surface area contributed by atoms with Gasteiger partial charge in [-0.25, -0.2) is 4.79 Å². The highest BCUT2D eigenvalue weighted by Gasteiger charge is 2.29. The number of nitrogens with two attached hydrogens (primary N) is 1. The molecule has 0 aromatic carbocycles. The first-order valence-electron chi connectivity index (χ1n) is 3.11. The molecule has 0 aromatic heterocycles. The van der Waals surface area contributed by atoms with Gasteiger partial charge in [0, 0.05) is 0 Å². The van der Waals surface area contributed by atoms with E-state index < -0.39 is 10.8 Å². The first-order valence-corrected chi connectivity index (χ1v) is 3.55. The van der Waals surface area contributed by atoms with Gasteiger partial charge in [0.15, 0.2) is 4.87 Å². The van der Waals surface area contributed by atoms with Crippen LogP contribution in [-0.4, -0.2) is 15.9 Å². The van der Waals surface area contributed by atoms with Gasteiger partial charge in [-0.3, -0.25) is 0 Å². The molecule has 0 aliphatic rings. The average molecular weight is 163 g/mol.